The van der Waals surface area contributed by atoms with Crippen LogP contribution in [0, 0.1) is 0 Å². The van der Waals surface area contributed by atoms with Crippen LogP contribution in [0.1, 0.15) is 11.4 Å². The molecule has 0 fully saturated rings. The van der Waals surface area contributed by atoms with Gasteiger partial charge in [0.15, 0.2) is 0 Å². The minimum atomic E-state index is -4.50. The van der Waals surface area contributed by atoms with Crippen molar-refractivity contribution in [2.24, 2.45) is 0 Å². The van der Waals surface area contributed by atoms with Gasteiger partial charge in [0.25, 0.3) is 0 Å². The molecule has 2 heterocycles. The van der Waals surface area contributed by atoms with E-state index in [2.05, 4.69) is 4.98 Å². The molecule has 0 aromatic carbocycles. The van der Waals surface area contributed by atoms with Crippen LogP contribution in [0.3, 0.4) is 0 Å². The molecule has 0 radical (unpaired) electrons. The average molecular weight is 258 g/mol. The largest absolute Gasteiger partial charge is 0.465 e. The Bertz CT molecular complexity index is 511. The number of carboxylic acid groups (broad SMARTS) is 1. The van der Waals surface area contributed by atoms with Crippen molar-refractivity contribution in [2.75, 3.05) is 13.1 Å². The predicted molar refractivity (Wildman–Crippen MR) is 56.8 cm³/mol. The Morgan fingerprint density at radius 1 is 1.39 bits per heavy atom. The second-order valence-electron chi connectivity index (χ2n) is 3.80. The maximum atomic E-state index is 12.5. The summed E-state index contributed by atoms with van der Waals surface area (Å²) in [7, 11) is 0. The highest BCUT2D eigenvalue weighted by atomic mass is 19.4. The van der Waals surface area contributed by atoms with Crippen LogP contribution in [0.25, 0.3) is 5.57 Å². The van der Waals surface area contributed by atoms with Gasteiger partial charge in [-0.2, -0.15) is 13.2 Å². The molecule has 0 aliphatic carbocycles. The number of aromatic nitrogens is 1. The molecule has 2 rings (SSSR count). The van der Waals surface area contributed by atoms with E-state index in [1.165, 1.54) is 12.1 Å². The van der Waals surface area contributed by atoms with Gasteiger partial charge in [0.05, 0.1) is 12.2 Å². The summed E-state index contributed by atoms with van der Waals surface area (Å²) in [6.07, 6.45) is -4.04. The van der Waals surface area contributed by atoms with E-state index < -0.39 is 18.0 Å². The first-order chi connectivity index (χ1) is 8.38. The maximum absolute atomic E-state index is 12.5. The second kappa shape index (κ2) is 4.32. The topological polar surface area (TPSA) is 53.4 Å². The molecular weight excluding hydrogens is 249 g/mol. The van der Waals surface area contributed by atoms with Crippen LogP contribution in [0.2, 0.25) is 0 Å². The molecule has 18 heavy (non-hydrogen) atoms. The summed E-state index contributed by atoms with van der Waals surface area (Å²) in [5.74, 6) is 0. The SMILES string of the molecule is O=C(O)N1CC=C(c2cccc(C(F)(F)F)n2)C1. The molecule has 96 valence electrons. The fraction of sp³-hybridized carbons (Fsp3) is 0.273. The number of alkyl halides is 3. The molecule has 7 heteroatoms. The molecule has 1 aromatic heterocycles. The lowest BCUT2D eigenvalue weighted by molar-refractivity contribution is -0.141. The zero-order valence-electron chi connectivity index (χ0n) is 9.11. The van der Waals surface area contributed by atoms with Crippen LogP contribution in [0.5, 0.6) is 0 Å². The van der Waals surface area contributed by atoms with Gasteiger partial charge in [-0.1, -0.05) is 12.1 Å². The van der Waals surface area contributed by atoms with E-state index in [0.29, 0.717) is 5.57 Å². The first-order valence-corrected chi connectivity index (χ1v) is 5.09. The number of hydrogen-bond acceptors (Lipinski definition) is 2. The van der Waals surface area contributed by atoms with Crippen molar-refractivity contribution in [3.05, 3.63) is 35.7 Å². The van der Waals surface area contributed by atoms with Crippen molar-refractivity contribution in [3.8, 4) is 0 Å². The van der Waals surface area contributed by atoms with Gasteiger partial charge >= 0.3 is 12.3 Å². The van der Waals surface area contributed by atoms with Crippen LogP contribution in [0.4, 0.5) is 18.0 Å². The van der Waals surface area contributed by atoms with Crippen LogP contribution in [-0.4, -0.2) is 34.2 Å². The van der Waals surface area contributed by atoms with Gasteiger partial charge in [-0.05, 0) is 17.7 Å². The smallest absolute Gasteiger partial charge is 0.433 e. The minimum Gasteiger partial charge on any atom is -0.465 e. The third-order valence-electron chi connectivity index (χ3n) is 2.56. The third kappa shape index (κ3) is 2.44. The van der Waals surface area contributed by atoms with Crippen molar-refractivity contribution in [1.82, 2.24) is 9.88 Å². The molecule has 0 saturated heterocycles. The Balaban J connectivity index is 2.23. The fourth-order valence-corrected chi connectivity index (χ4v) is 1.66. The van der Waals surface area contributed by atoms with Crippen molar-refractivity contribution >= 4 is 11.7 Å². The molecular formula is C11H9F3N2O2. The summed E-state index contributed by atoms with van der Waals surface area (Å²) in [4.78, 5) is 15.3. The standard InChI is InChI=1S/C11H9F3N2O2/c12-11(13,14)9-3-1-2-8(15-9)7-4-5-16(6-7)10(17)18/h1-4H,5-6H2,(H,17,18). The van der Waals surface area contributed by atoms with Gasteiger partial charge in [-0.25, -0.2) is 9.78 Å². The molecule has 1 aliphatic heterocycles. The van der Waals surface area contributed by atoms with Crippen molar-refractivity contribution < 1.29 is 23.1 Å². The van der Waals surface area contributed by atoms with Gasteiger partial charge in [-0.15, -0.1) is 0 Å². The Kier molecular flexibility index (Phi) is 2.98. The summed E-state index contributed by atoms with van der Waals surface area (Å²) in [6, 6.07) is 3.58. The van der Waals surface area contributed by atoms with Crippen LogP contribution in [0.15, 0.2) is 24.3 Å². The summed E-state index contributed by atoms with van der Waals surface area (Å²) in [5.41, 5.74) is -0.327. The van der Waals surface area contributed by atoms with Gasteiger partial charge in [-0.3, -0.25) is 0 Å². The average Bonchev–Trinajstić information content (AvgIpc) is 2.77. The minimum absolute atomic E-state index is 0.0592. The third-order valence-corrected chi connectivity index (χ3v) is 2.56. The van der Waals surface area contributed by atoms with Gasteiger partial charge in [0.2, 0.25) is 0 Å². The predicted octanol–water partition coefficient (Wildman–Crippen LogP) is 2.48. The number of hydrogen-bond donors (Lipinski definition) is 1. The maximum Gasteiger partial charge on any atom is 0.433 e. The lowest BCUT2D eigenvalue weighted by atomic mass is 10.1. The number of pyridine rings is 1. The quantitative estimate of drug-likeness (QED) is 0.841. The molecule has 0 bridgehead atoms. The lowest BCUT2D eigenvalue weighted by Crippen LogP contribution is -2.26. The van der Waals surface area contributed by atoms with E-state index in [0.717, 1.165) is 11.0 Å². The number of amides is 1. The first kappa shape index (κ1) is 12.4. The Labute approximate surface area is 100 Å². The van der Waals surface area contributed by atoms with Crippen LogP contribution >= 0.6 is 0 Å². The zero-order chi connectivity index (χ0) is 13.3. The van der Waals surface area contributed by atoms with E-state index >= 15 is 0 Å². The summed E-state index contributed by atoms with van der Waals surface area (Å²) < 4.78 is 37.4. The number of carbonyl (C=O) groups is 1. The van der Waals surface area contributed by atoms with Crippen molar-refractivity contribution in [1.29, 1.82) is 0 Å². The second-order valence-corrected chi connectivity index (χ2v) is 3.80. The molecule has 1 aromatic rings. The Morgan fingerprint density at radius 3 is 2.67 bits per heavy atom. The Morgan fingerprint density at radius 2 is 2.11 bits per heavy atom. The van der Waals surface area contributed by atoms with E-state index in [4.69, 9.17) is 5.11 Å². The van der Waals surface area contributed by atoms with Crippen LogP contribution < -0.4 is 0 Å². The molecule has 1 amide bonds. The zero-order valence-corrected chi connectivity index (χ0v) is 9.11. The van der Waals surface area contributed by atoms with E-state index in [-0.39, 0.29) is 18.8 Å². The molecule has 1 aliphatic rings. The lowest BCUT2D eigenvalue weighted by Gasteiger charge is -2.12. The highest BCUT2D eigenvalue weighted by Gasteiger charge is 2.33. The Hall–Kier alpha value is -2.05. The molecule has 4 nitrogen and oxygen atoms in total. The fourth-order valence-electron chi connectivity index (χ4n) is 1.66. The van der Waals surface area contributed by atoms with E-state index in [1.54, 1.807) is 6.08 Å². The van der Waals surface area contributed by atoms with Gasteiger partial charge in [0.1, 0.15) is 5.69 Å². The monoisotopic (exact) mass is 258 g/mol. The molecule has 0 atom stereocenters. The van der Waals surface area contributed by atoms with E-state index in [1.807, 2.05) is 0 Å². The summed E-state index contributed by atoms with van der Waals surface area (Å²) >= 11 is 0. The molecule has 1 N–H and O–H groups in total. The highest BCUT2D eigenvalue weighted by molar-refractivity contribution is 5.75. The van der Waals surface area contributed by atoms with Gasteiger partial charge in [0, 0.05) is 6.54 Å². The summed E-state index contributed by atoms with van der Waals surface area (Å²) in [5, 5.41) is 8.75. The normalized spacial score (nSPS) is 15.7. The van der Waals surface area contributed by atoms with Crippen molar-refractivity contribution in [2.45, 2.75) is 6.18 Å². The van der Waals surface area contributed by atoms with E-state index in [9.17, 15) is 18.0 Å². The number of rotatable bonds is 1. The van der Waals surface area contributed by atoms with Gasteiger partial charge < -0.3 is 10.0 Å². The number of halogens is 3. The first-order valence-electron chi connectivity index (χ1n) is 5.09. The highest BCUT2D eigenvalue weighted by Crippen LogP contribution is 2.29. The number of nitrogens with zero attached hydrogens (tertiary/aromatic N) is 2. The summed E-state index contributed by atoms with van der Waals surface area (Å²) in [6.45, 7) is 0.228. The van der Waals surface area contributed by atoms with Crippen molar-refractivity contribution in [3.63, 3.8) is 0 Å². The molecule has 0 unspecified atom stereocenters. The molecule has 0 spiro atoms. The molecule has 0 saturated carbocycles. The van der Waals surface area contributed by atoms with Crippen LogP contribution in [-0.2, 0) is 6.18 Å².